The van der Waals surface area contributed by atoms with Gasteiger partial charge in [0.2, 0.25) is 0 Å². The van der Waals surface area contributed by atoms with Gasteiger partial charge in [0.1, 0.15) is 5.69 Å². The molecule has 5 heteroatoms. The Labute approximate surface area is 111 Å². The highest BCUT2D eigenvalue weighted by molar-refractivity contribution is 5.93. The minimum atomic E-state index is -0.213. The van der Waals surface area contributed by atoms with Crippen LogP contribution in [0.5, 0.6) is 0 Å². The number of aliphatic hydroxyl groups excluding tert-OH is 1. The third-order valence-corrected chi connectivity index (χ3v) is 2.81. The van der Waals surface area contributed by atoms with Crippen molar-refractivity contribution in [2.45, 2.75) is 6.92 Å². The molecule has 2 aromatic rings. The summed E-state index contributed by atoms with van der Waals surface area (Å²) in [6.45, 7) is 2.36. The van der Waals surface area contributed by atoms with Gasteiger partial charge in [-0.15, -0.1) is 0 Å². The average Bonchev–Trinajstić information content (AvgIpc) is 2.95. The van der Waals surface area contributed by atoms with E-state index in [0.29, 0.717) is 12.2 Å². The van der Waals surface area contributed by atoms with E-state index in [4.69, 9.17) is 5.11 Å². The summed E-state index contributed by atoms with van der Waals surface area (Å²) in [5.74, 6) is -0.171. The number of rotatable bonds is 5. The quantitative estimate of drug-likeness (QED) is 0.760. The molecule has 0 saturated heterocycles. The minimum Gasteiger partial charge on any atom is -0.396 e. The number of aromatic nitrogens is 2. The normalized spacial score (nSPS) is 12.1. The lowest BCUT2D eigenvalue weighted by Gasteiger charge is -2.08. The number of carbonyl (C=O) groups is 1. The summed E-state index contributed by atoms with van der Waals surface area (Å²) in [7, 11) is 0. The topological polar surface area (TPSA) is 78.0 Å². The van der Waals surface area contributed by atoms with Gasteiger partial charge in [0, 0.05) is 18.7 Å². The second-order valence-corrected chi connectivity index (χ2v) is 4.53. The molecular formula is C14H17N3O2. The zero-order valence-corrected chi connectivity index (χ0v) is 10.8. The van der Waals surface area contributed by atoms with Crippen molar-refractivity contribution in [1.29, 1.82) is 0 Å². The summed E-state index contributed by atoms with van der Waals surface area (Å²) in [6, 6.07) is 11.4. The van der Waals surface area contributed by atoms with Crippen LogP contribution in [0.3, 0.4) is 0 Å². The molecule has 1 unspecified atom stereocenters. The molecule has 2 rings (SSSR count). The van der Waals surface area contributed by atoms with Crippen LogP contribution in [0.25, 0.3) is 11.3 Å². The maximum atomic E-state index is 11.8. The molecule has 0 radical (unpaired) electrons. The SMILES string of the molecule is CC(CO)CNC(=O)c1cc(-c2ccccc2)n[nH]1. The fourth-order valence-corrected chi connectivity index (χ4v) is 1.62. The third kappa shape index (κ3) is 3.42. The van der Waals surface area contributed by atoms with E-state index in [9.17, 15) is 4.79 Å². The molecule has 5 nitrogen and oxygen atoms in total. The van der Waals surface area contributed by atoms with Gasteiger partial charge >= 0.3 is 0 Å². The predicted octanol–water partition coefficient (Wildman–Crippen LogP) is 1.43. The number of nitrogens with one attached hydrogen (secondary N) is 2. The molecule has 100 valence electrons. The van der Waals surface area contributed by atoms with Gasteiger partial charge in [-0.05, 0) is 12.0 Å². The molecule has 19 heavy (non-hydrogen) atoms. The van der Waals surface area contributed by atoms with E-state index in [-0.39, 0.29) is 18.4 Å². The Morgan fingerprint density at radius 1 is 1.42 bits per heavy atom. The predicted molar refractivity (Wildman–Crippen MR) is 72.6 cm³/mol. The summed E-state index contributed by atoms with van der Waals surface area (Å²) in [5.41, 5.74) is 2.12. The number of amides is 1. The van der Waals surface area contributed by atoms with E-state index in [0.717, 1.165) is 11.3 Å². The number of hydrogen-bond donors (Lipinski definition) is 3. The zero-order chi connectivity index (χ0) is 13.7. The number of benzene rings is 1. The Hall–Kier alpha value is -2.14. The highest BCUT2D eigenvalue weighted by Gasteiger charge is 2.11. The number of nitrogens with zero attached hydrogens (tertiary/aromatic N) is 1. The fraction of sp³-hybridized carbons (Fsp3) is 0.286. The van der Waals surface area contributed by atoms with Crippen LogP contribution in [0.15, 0.2) is 36.4 Å². The van der Waals surface area contributed by atoms with Crippen molar-refractivity contribution in [2.75, 3.05) is 13.2 Å². The molecule has 0 aliphatic rings. The van der Waals surface area contributed by atoms with Crippen LogP contribution in [0.4, 0.5) is 0 Å². The van der Waals surface area contributed by atoms with Crippen molar-refractivity contribution in [3.05, 3.63) is 42.1 Å². The highest BCUT2D eigenvalue weighted by Crippen LogP contribution is 2.16. The van der Waals surface area contributed by atoms with Crippen molar-refractivity contribution < 1.29 is 9.90 Å². The Morgan fingerprint density at radius 3 is 2.84 bits per heavy atom. The first-order valence-corrected chi connectivity index (χ1v) is 6.20. The second kappa shape index (κ2) is 6.15. The van der Waals surface area contributed by atoms with E-state index in [2.05, 4.69) is 15.5 Å². The monoisotopic (exact) mass is 259 g/mol. The molecule has 1 aromatic carbocycles. The van der Waals surface area contributed by atoms with Gasteiger partial charge in [-0.2, -0.15) is 5.10 Å². The van der Waals surface area contributed by atoms with E-state index < -0.39 is 0 Å². The first kappa shape index (κ1) is 13.3. The lowest BCUT2D eigenvalue weighted by Crippen LogP contribution is -2.29. The average molecular weight is 259 g/mol. The van der Waals surface area contributed by atoms with Gasteiger partial charge < -0.3 is 10.4 Å². The Kier molecular flexibility index (Phi) is 4.30. The van der Waals surface area contributed by atoms with Crippen LogP contribution in [-0.2, 0) is 0 Å². The number of hydrogen-bond acceptors (Lipinski definition) is 3. The molecule has 0 aliphatic carbocycles. The van der Waals surface area contributed by atoms with Crippen LogP contribution < -0.4 is 5.32 Å². The van der Waals surface area contributed by atoms with Crippen LogP contribution in [0, 0.1) is 5.92 Å². The van der Waals surface area contributed by atoms with Crippen molar-refractivity contribution in [3.63, 3.8) is 0 Å². The fourth-order valence-electron chi connectivity index (χ4n) is 1.62. The maximum Gasteiger partial charge on any atom is 0.269 e. The van der Waals surface area contributed by atoms with Crippen LogP contribution in [0.2, 0.25) is 0 Å². The second-order valence-electron chi connectivity index (χ2n) is 4.53. The summed E-state index contributed by atoms with van der Waals surface area (Å²) in [6.07, 6.45) is 0. The van der Waals surface area contributed by atoms with Crippen molar-refractivity contribution in [3.8, 4) is 11.3 Å². The lowest BCUT2D eigenvalue weighted by molar-refractivity contribution is 0.0937. The first-order valence-electron chi connectivity index (χ1n) is 6.20. The summed E-state index contributed by atoms with van der Waals surface area (Å²) < 4.78 is 0. The van der Waals surface area contributed by atoms with Crippen molar-refractivity contribution in [1.82, 2.24) is 15.5 Å². The van der Waals surface area contributed by atoms with Gasteiger partial charge in [0.15, 0.2) is 0 Å². The molecule has 0 aliphatic heterocycles. The molecule has 1 heterocycles. The number of aromatic amines is 1. The van der Waals surface area contributed by atoms with Crippen molar-refractivity contribution in [2.24, 2.45) is 5.92 Å². The zero-order valence-electron chi connectivity index (χ0n) is 10.8. The molecule has 1 atom stereocenters. The number of carbonyl (C=O) groups excluding carboxylic acids is 1. The third-order valence-electron chi connectivity index (χ3n) is 2.81. The number of H-pyrrole nitrogens is 1. The van der Waals surface area contributed by atoms with E-state index in [1.807, 2.05) is 37.3 Å². The Balaban J connectivity index is 2.03. The molecule has 0 bridgehead atoms. The molecule has 0 spiro atoms. The van der Waals surface area contributed by atoms with Gasteiger partial charge in [-0.3, -0.25) is 9.89 Å². The van der Waals surface area contributed by atoms with Gasteiger partial charge in [-0.25, -0.2) is 0 Å². The summed E-state index contributed by atoms with van der Waals surface area (Å²) >= 11 is 0. The smallest absolute Gasteiger partial charge is 0.269 e. The van der Waals surface area contributed by atoms with E-state index in [1.54, 1.807) is 6.07 Å². The molecule has 0 saturated carbocycles. The van der Waals surface area contributed by atoms with E-state index in [1.165, 1.54) is 0 Å². The largest absolute Gasteiger partial charge is 0.396 e. The Morgan fingerprint density at radius 2 is 2.16 bits per heavy atom. The molecule has 0 fully saturated rings. The van der Waals surface area contributed by atoms with Gasteiger partial charge in [-0.1, -0.05) is 37.3 Å². The van der Waals surface area contributed by atoms with Crippen LogP contribution in [0.1, 0.15) is 17.4 Å². The van der Waals surface area contributed by atoms with E-state index >= 15 is 0 Å². The van der Waals surface area contributed by atoms with Crippen LogP contribution in [-0.4, -0.2) is 34.4 Å². The summed E-state index contributed by atoms with van der Waals surface area (Å²) in [5, 5.41) is 18.5. The molecular weight excluding hydrogens is 242 g/mol. The molecule has 1 amide bonds. The van der Waals surface area contributed by atoms with Crippen molar-refractivity contribution >= 4 is 5.91 Å². The minimum absolute atomic E-state index is 0.0421. The highest BCUT2D eigenvalue weighted by atomic mass is 16.3. The summed E-state index contributed by atoms with van der Waals surface area (Å²) in [4.78, 5) is 11.8. The molecule has 3 N–H and O–H groups in total. The standard InChI is InChI=1S/C14H17N3O2/c1-10(9-18)8-15-14(19)13-7-12(16-17-13)11-5-3-2-4-6-11/h2-7,10,18H,8-9H2,1H3,(H,15,19)(H,16,17). The maximum absolute atomic E-state index is 11.8. The van der Waals surface area contributed by atoms with Crippen LogP contribution >= 0.6 is 0 Å². The Bertz CT molecular complexity index is 537. The van der Waals surface area contributed by atoms with Gasteiger partial charge in [0.25, 0.3) is 5.91 Å². The molecule has 1 aromatic heterocycles. The number of aliphatic hydroxyl groups is 1. The van der Waals surface area contributed by atoms with Gasteiger partial charge in [0.05, 0.1) is 5.69 Å². The first-order chi connectivity index (χ1) is 9.20. The lowest BCUT2D eigenvalue weighted by atomic mass is 10.1.